The summed E-state index contributed by atoms with van der Waals surface area (Å²) in [6.45, 7) is 3.42. The molecule has 1 aromatic carbocycles. The normalized spacial score (nSPS) is 16.9. The Balaban J connectivity index is 1.35. The quantitative estimate of drug-likeness (QED) is 0.702. The lowest BCUT2D eigenvalue weighted by Gasteiger charge is -2.30. The Bertz CT molecular complexity index is 833. The van der Waals surface area contributed by atoms with Crippen molar-refractivity contribution in [3.63, 3.8) is 0 Å². The van der Waals surface area contributed by atoms with Gasteiger partial charge in [-0.2, -0.15) is 5.10 Å². The standard InChI is InChI=1S/C18H21ClN4S/c1-22-15(4-8-20-22)7-11-23-9-5-13(6-10-23)18-21-16-12-14(19)2-3-17(16)24-18/h2-4,8,12-13H,5-7,9-11H2,1H3. The smallest absolute Gasteiger partial charge is 0.0970 e. The molecule has 0 atom stereocenters. The van der Waals surface area contributed by atoms with Gasteiger partial charge in [-0.3, -0.25) is 4.68 Å². The van der Waals surface area contributed by atoms with E-state index in [9.17, 15) is 0 Å². The molecular formula is C18H21ClN4S. The van der Waals surface area contributed by atoms with Crippen LogP contribution in [0.3, 0.4) is 0 Å². The Kier molecular flexibility index (Phi) is 4.57. The predicted octanol–water partition coefficient (Wildman–Crippen LogP) is 4.11. The number of rotatable bonds is 4. The minimum absolute atomic E-state index is 0.592. The van der Waals surface area contributed by atoms with Crippen molar-refractivity contribution in [3.8, 4) is 0 Å². The van der Waals surface area contributed by atoms with Gasteiger partial charge in [0.1, 0.15) is 0 Å². The number of hydrogen-bond acceptors (Lipinski definition) is 4. The molecule has 4 nitrogen and oxygen atoms in total. The van der Waals surface area contributed by atoms with Crippen molar-refractivity contribution in [2.24, 2.45) is 7.05 Å². The maximum atomic E-state index is 6.07. The maximum absolute atomic E-state index is 6.07. The molecule has 3 heterocycles. The van der Waals surface area contributed by atoms with E-state index in [-0.39, 0.29) is 0 Å². The summed E-state index contributed by atoms with van der Waals surface area (Å²) in [4.78, 5) is 7.39. The zero-order valence-corrected chi connectivity index (χ0v) is 15.4. The van der Waals surface area contributed by atoms with Gasteiger partial charge in [0.15, 0.2) is 0 Å². The average molecular weight is 361 g/mol. The number of halogens is 1. The fourth-order valence-electron chi connectivity index (χ4n) is 3.42. The summed E-state index contributed by atoms with van der Waals surface area (Å²) in [7, 11) is 2.01. The van der Waals surface area contributed by atoms with Crippen LogP contribution < -0.4 is 0 Å². The third-order valence-electron chi connectivity index (χ3n) is 4.91. The zero-order chi connectivity index (χ0) is 16.5. The Morgan fingerprint density at radius 1 is 1.25 bits per heavy atom. The molecule has 1 aliphatic rings. The second-order valence-electron chi connectivity index (χ2n) is 6.48. The van der Waals surface area contributed by atoms with Crippen LogP contribution in [0.2, 0.25) is 5.02 Å². The number of piperidine rings is 1. The number of likely N-dealkylation sites (tertiary alicyclic amines) is 1. The summed E-state index contributed by atoms with van der Waals surface area (Å²) in [5.74, 6) is 0.592. The van der Waals surface area contributed by atoms with Gasteiger partial charge in [0.25, 0.3) is 0 Å². The molecule has 0 saturated carbocycles. The largest absolute Gasteiger partial charge is 0.303 e. The zero-order valence-electron chi connectivity index (χ0n) is 13.8. The molecule has 4 rings (SSSR count). The predicted molar refractivity (Wildman–Crippen MR) is 100.0 cm³/mol. The highest BCUT2D eigenvalue weighted by atomic mass is 35.5. The van der Waals surface area contributed by atoms with E-state index in [1.807, 2.05) is 41.4 Å². The van der Waals surface area contributed by atoms with E-state index in [1.165, 1.54) is 28.2 Å². The van der Waals surface area contributed by atoms with Gasteiger partial charge in [-0.1, -0.05) is 11.6 Å². The van der Waals surface area contributed by atoms with Gasteiger partial charge >= 0.3 is 0 Å². The minimum Gasteiger partial charge on any atom is -0.303 e. The van der Waals surface area contributed by atoms with Crippen LogP contribution in [0.15, 0.2) is 30.5 Å². The molecule has 2 aromatic heterocycles. The first-order valence-electron chi connectivity index (χ1n) is 8.44. The Morgan fingerprint density at radius 3 is 2.83 bits per heavy atom. The molecule has 0 N–H and O–H groups in total. The van der Waals surface area contributed by atoms with E-state index in [0.29, 0.717) is 5.92 Å². The summed E-state index contributed by atoms with van der Waals surface area (Å²) < 4.78 is 3.21. The number of hydrogen-bond donors (Lipinski definition) is 0. The first-order valence-corrected chi connectivity index (χ1v) is 9.64. The van der Waals surface area contributed by atoms with E-state index in [2.05, 4.69) is 22.1 Å². The van der Waals surface area contributed by atoms with E-state index in [1.54, 1.807) is 0 Å². The highest BCUT2D eigenvalue weighted by Crippen LogP contribution is 2.34. The van der Waals surface area contributed by atoms with Crippen LogP contribution in [-0.4, -0.2) is 39.3 Å². The molecule has 24 heavy (non-hydrogen) atoms. The van der Waals surface area contributed by atoms with Crippen molar-refractivity contribution >= 4 is 33.2 Å². The molecule has 0 spiro atoms. The van der Waals surface area contributed by atoms with E-state index >= 15 is 0 Å². The molecule has 0 amide bonds. The highest BCUT2D eigenvalue weighted by Gasteiger charge is 2.23. The van der Waals surface area contributed by atoms with Crippen LogP contribution in [0.5, 0.6) is 0 Å². The van der Waals surface area contributed by atoms with Gasteiger partial charge < -0.3 is 4.90 Å². The number of benzene rings is 1. The molecule has 0 unspecified atom stereocenters. The van der Waals surface area contributed by atoms with Gasteiger partial charge in [-0.25, -0.2) is 4.98 Å². The van der Waals surface area contributed by atoms with Crippen LogP contribution in [0.25, 0.3) is 10.2 Å². The van der Waals surface area contributed by atoms with E-state index < -0.39 is 0 Å². The molecule has 1 fully saturated rings. The van der Waals surface area contributed by atoms with Crippen molar-refractivity contribution in [2.45, 2.75) is 25.2 Å². The Labute approximate surface area is 151 Å². The molecule has 0 radical (unpaired) electrons. The number of aryl methyl sites for hydroxylation is 1. The third kappa shape index (κ3) is 3.34. The maximum Gasteiger partial charge on any atom is 0.0970 e. The Hall–Kier alpha value is -1.43. The molecule has 1 saturated heterocycles. The van der Waals surface area contributed by atoms with Gasteiger partial charge in [0.05, 0.1) is 15.2 Å². The number of fused-ring (bicyclic) bond motifs is 1. The molecule has 0 aliphatic carbocycles. The molecule has 0 bridgehead atoms. The van der Waals surface area contributed by atoms with E-state index in [0.717, 1.165) is 36.6 Å². The first-order chi connectivity index (χ1) is 11.7. The van der Waals surface area contributed by atoms with Crippen molar-refractivity contribution in [1.29, 1.82) is 0 Å². The molecule has 6 heteroatoms. The van der Waals surface area contributed by atoms with Crippen LogP contribution in [0.4, 0.5) is 0 Å². The molecule has 3 aromatic rings. The summed E-state index contributed by atoms with van der Waals surface area (Å²) >= 11 is 7.90. The number of aromatic nitrogens is 3. The fourth-order valence-corrected chi connectivity index (χ4v) is 4.70. The van der Waals surface area contributed by atoms with Crippen LogP contribution in [0.1, 0.15) is 29.5 Å². The minimum atomic E-state index is 0.592. The summed E-state index contributed by atoms with van der Waals surface area (Å²) in [5, 5.41) is 6.29. The average Bonchev–Trinajstić information content (AvgIpc) is 3.19. The van der Waals surface area contributed by atoms with Crippen LogP contribution in [0, 0.1) is 0 Å². The number of nitrogens with zero attached hydrogens (tertiary/aromatic N) is 4. The second kappa shape index (κ2) is 6.82. The SMILES string of the molecule is Cn1nccc1CCN1CCC(c2nc3cc(Cl)ccc3s2)CC1. The van der Waals surface area contributed by atoms with Crippen molar-refractivity contribution in [3.05, 3.63) is 46.2 Å². The topological polar surface area (TPSA) is 34.0 Å². The van der Waals surface area contributed by atoms with Crippen LogP contribution >= 0.6 is 22.9 Å². The summed E-state index contributed by atoms with van der Waals surface area (Å²) in [6.07, 6.45) is 5.33. The van der Waals surface area contributed by atoms with Gasteiger partial charge in [0, 0.05) is 42.8 Å². The third-order valence-corrected chi connectivity index (χ3v) is 6.34. The van der Waals surface area contributed by atoms with E-state index in [4.69, 9.17) is 16.6 Å². The Morgan fingerprint density at radius 2 is 2.08 bits per heavy atom. The lowest BCUT2D eigenvalue weighted by molar-refractivity contribution is 0.213. The van der Waals surface area contributed by atoms with Crippen molar-refractivity contribution < 1.29 is 0 Å². The van der Waals surface area contributed by atoms with Crippen LogP contribution in [-0.2, 0) is 13.5 Å². The number of thiazole rings is 1. The molecule has 1 aliphatic heterocycles. The lowest BCUT2D eigenvalue weighted by Crippen LogP contribution is -2.34. The van der Waals surface area contributed by atoms with Crippen molar-refractivity contribution in [1.82, 2.24) is 19.7 Å². The van der Waals surface area contributed by atoms with Gasteiger partial charge in [0.2, 0.25) is 0 Å². The lowest BCUT2D eigenvalue weighted by atomic mass is 9.97. The van der Waals surface area contributed by atoms with Crippen molar-refractivity contribution in [2.75, 3.05) is 19.6 Å². The molecule has 126 valence electrons. The van der Waals surface area contributed by atoms with Gasteiger partial charge in [-0.05, 0) is 50.2 Å². The summed E-state index contributed by atoms with van der Waals surface area (Å²) in [5.41, 5.74) is 2.35. The van der Waals surface area contributed by atoms with Gasteiger partial charge in [-0.15, -0.1) is 11.3 Å². The fraction of sp³-hybridized carbons (Fsp3) is 0.444. The molecular weight excluding hydrogens is 340 g/mol. The second-order valence-corrected chi connectivity index (χ2v) is 7.97. The first kappa shape index (κ1) is 16.1. The summed E-state index contributed by atoms with van der Waals surface area (Å²) in [6, 6.07) is 8.12. The monoisotopic (exact) mass is 360 g/mol. The highest BCUT2D eigenvalue weighted by molar-refractivity contribution is 7.18.